The lowest BCUT2D eigenvalue weighted by Gasteiger charge is -2.19. The lowest BCUT2D eigenvalue weighted by Crippen LogP contribution is -2.30. The first kappa shape index (κ1) is 15.8. The molecule has 0 atom stereocenters. The molecule has 4 heterocycles. The number of hydrogen-bond donors (Lipinski definition) is 0. The lowest BCUT2D eigenvalue weighted by atomic mass is 10.4. The zero-order valence-corrected chi connectivity index (χ0v) is 14.5. The molecule has 4 aromatic heterocycles. The Morgan fingerprint density at radius 2 is 1.36 bits per heavy atom. The molecule has 8 heteroatoms. The van der Waals surface area contributed by atoms with E-state index in [2.05, 4.69) is 9.97 Å². The molecule has 0 fully saturated rings. The van der Waals surface area contributed by atoms with Crippen molar-refractivity contribution >= 4 is 21.3 Å². The molecule has 0 unspecified atom stereocenters. The summed E-state index contributed by atoms with van der Waals surface area (Å²) in [5, 5.41) is 0. The fraction of sp³-hybridized carbons (Fsp3) is 0.176. The molecule has 128 valence electrons. The number of nitrogens with zero attached hydrogens (tertiary/aromatic N) is 5. The van der Waals surface area contributed by atoms with Crippen LogP contribution in [-0.2, 0) is 23.1 Å². The van der Waals surface area contributed by atoms with Gasteiger partial charge in [-0.05, 0) is 24.3 Å². The fourth-order valence-electron chi connectivity index (χ4n) is 2.86. The molecule has 0 radical (unpaired) electrons. The molecule has 25 heavy (non-hydrogen) atoms. The number of pyridine rings is 2. The topological polar surface area (TPSA) is 72.0 Å². The van der Waals surface area contributed by atoms with Gasteiger partial charge >= 0.3 is 0 Å². The van der Waals surface area contributed by atoms with Crippen LogP contribution in [0.1, 0.15) is 11.4 Å². The van der Waals surface area contributed by atoms with Crippen LogP contribution < -0.4 is 0 Å². The molecule has 0 spiro atoms. The van der Waals surface area contributed by atoms with Gasteiger partial charge in [-0.2, -0.15) is 4.31 Å². The molecule has 7 nitrogen and oxygen atoms in total. The van der Waals surface area contributed by atoms with Gasteiger partial charge in [-0.15, -0.1) is 0 Å². The Morgan fingerprint density at radius 3 is 1.80 bits per heavy atom. The zero-order valence-electron chi connectivity index (χ0n) is 13.6. The third kappa shape index (κ3) is 3.01. The van der Waals surface area contributed by atoms with Crippen molar-refractivity contribution in [1.82, 2.24) is 23.1 Å². The standard InChI is InChI=1S/C17H17N5O2S/c1-25(23,24)20(12-14-10-18-16-6-2-4-8-21(14)16)13-15-11-19-17-7-3-5-9-22(15)17/h2-11H,12-13H2,1H3. The Labute approximate surface area is 145 Å². The highest BCUT2D eigenvalue weighted by Gasteiger charge is 2.21. The summed E-state index contributed by atoms with van der Waals surface area (Å²) in [6.07, 6.45) is 8.40. The van der Waals surface area contributed by atoms with Gasteiger partial charge in [0.2, 0.25) is 10.0 Å². The summed E-state index contributed by atoms with van der Waals surface area (Å²) in [5.74, 6) is 0. The summed E-state index contributed by atoms with van der Waals surface area (Å²) in [7, 11) is -3.40. The maximum absolute atomic E-state index is 12.3. The quantitative estimate of drug-likeness (QED) is 0.548. The Bertz CT molecular complexity index is 1070. The Balaban J connectivity index is 1.69. The van der Waals surface area contributed by atoms with Crippen LogP contribution in [0.25, 0.3) is 11.3 Å². The van der Waals surface area contributed by atoms with Crippen molar-refractivity contribution in [3.8, 4) is 0 Å². The van der Waals surface area contributed by atoms with E-state index in [0.717, 1.165) is 22.7 Å². The molecule has 0 aromatic carbocycles. The van der Waals surface area contributed by atoms with Crippen molar-refractivity contribution in [2.75, 3.05) is 6.26 Å². The highest BCUT2D eigenvalue weighted by atomic mass is 32.2. The van der Waals surface area contributed by atoms with Gasteiger partial charge in [-0.3, -0.25) is 0 Å². The van der Waals surface area contributed by atoms with E-state index in [1.807, 2.05) is 57.6 Å². The van der Waals surface area contributed by atoms with Gasteiger partial charge in [0.25, 0.3) is 0 Å². The summed E-state index contributed by atoms with van der Waals surface area (Å²) in [4.78, 5) is 8.65. The Morgan fingerprint density at radius 1 is 0.880 bits per heavy atom. The number of aromatic nitrogens is 4. The van der Waals surface area contributed by atoms with Gasteiger partial charge in [-0.1, -0.05) is 12.1 Å². The van der Waals surface area contributed by atoms with Crippen LogP contribution in [0.15, 0.2) is 61.2 Å². The molecule has 0 N–H and O–H groups in total. The van der Waals surface area contributed by atoms with E-state index in [1.54, 1.807) is 12.4 Å². The highest BCUT2D eigenvalue weighted by molar-refractivity contribution is 7.88. The zero-order chi connectivity index (χ0) is 17.4. The predicted molar refractivity (Wildman–Crippen MR) is 94.5 cm³/mol. The molecule has 0 amide bonds. The molecule has 0 aliphatic rings. The smallest absolute Gasteiger partial charge is 0.211 e. The van der Waals surface area contributed by atoms with E-state index < -0.39 is 10.0 Å². The van der Waals surface area contributed by atoms with Gasteiger partial charge in [0.15, 0.2) is 0 Å². The molecule has 0 aliphatic heterocycles. The molecule has 4 aromatic rings. The first-order chi connectivity index (χ1) is 12.0. The van der Waals surface area contributed by atoms with Crippen LogP contribution in [0.3, 0.4) is 0 Å². The average molecular weight is 355 g/mol. The average Bonchev–Trinajstić information content (AvgIpc) is 3.18. The summed E-state index contributed by atoms with van der Waals surface area (Å²) >= 11 is 0. The van der Waals surface area contributed by atoms with Crippen LogP contribution in [0.5, 0.6) is 0 Å². The van der Waals surface area contributed by atoms with Crippen molar-refractivity contribution in [2.45, 2.75) is 13.1 Å². The number of hydrogen-bond acceptors (Lipinski definition) is 4. The minimum atomic E-state index is -3.40. The first-order valence-corrected chi connectivity index (χ1v) is 9.64. The van der Waals surface area contributed by atoms with Crippen LogP contribution in [0.2, 0.25) is 0 Å². The number of rotatable bonds is 5. The number of sulfonamides is 1. The summed E-state index contributed by atoms with van der Waals surface area (Å²) in [6.45, 7) is 0.480. The SMILES string of the molecule is CS(=O)(=O)N(Cc1cnc2ccccn12)Cc1cnc2ccccn12. The normalized spacial score (nSPS) is 12.4. The fourth-order valence-corrected chi connectivity index (χ4v) is 3.59. The molecular weight excluding hydrogens is 338 g/mol. The van der Waals surface area contributed by atoms with Gasteiger partial charge < -0.3 is 8.80 Å². The first-order valence-electron chi connectivity index (χ1n) is 7.79. The lowest BCUT2D eigenvalue weighted by molar-refractivity contribution is 0.394. The molecule has 0 bridgehead atoms. The van der Waals surface area contributed by atoms with Crippen molar-refractivity contribution < 1.29 is 8.42 Å². The van der Waals surface area contributed by atoms with Crippen LogP contribution in [-0.4, -0.2) is 37.7 Å². The summed E-state index contributed by atoms with van der Waals surface area (Å²) in [6, 6.07) is 11.4. The highest BCUT2D eigenvalue weighted by Crippen LogP contribution is 2.16. The number of fused-ring (bicyclic) bond motifs is 2. The Hall–Kier alpha value is -2.71. The third-order valence-electron chi connectivity index (χ3n) is 4.13. The largest absolute Gasteiger partial charge is 0.303 e. The van der Waals surface area contributed by atoms with Crippen molar-refractivity contribution in [3.63, 3.8) is 0 Å². The molecule has 0 aliphatic carbocycles. The van der Waals surface area contributed by atoms with Crippen LogP contribution in [0.4, 0.5) is 0 Å². The van der Waals surface area contributed by atoms with Gasteiger partial charge in [0.05, 0.1) is 43.1 Å². The summed E-state index contributed by atoms with van der Waals surface area (Å²) < 4.78 is 29.9. The molecular formula is C17H17N5O2S. The minimum absolute atomic E-state index is 0.240. The van der Waals surface area contributed by atoms with Crippen molar-refractivity contribution in [3.05, 3.63) is 72.6 Å². The maximum atomic E-state index is 12.3. The van der Waals surface area contributed by atoms with Gasteiger partial charge in [0, 0.05) is 12.4 Å². The molecule has 4 rings (SSSR count). The molecule has 0 saturated heterocycles. The van der Waals surface area contributed by atoms with Crippen LogP contribution >= 0.6 is 0 Å². The van der Waals surface area contributed by atoms with E-state index >= 15 is 0 Å². The van der Waals surface area contributed by atoms with Gasteiger partial charge in [-0.25, -0.2) is 18.4 Å². The second-order valence-corrected chi connectivity index (χ2v) is 7.87. The van der Waals surface area contributed by atoms with E-state index in [1.165, 1.54) is 10.6 Å². The second kappa shape index (κ2) is 5.98. The second-order valence-electron chi connectivity index (χ2n) is 5.89. The predicted octanol–water partition coefficient (Wildman–Crippen LogP) is 1.94. The van der Waals surface area contributed by atoms with E-state index in [-0.39, 0.29) is 13.1 Å². The summed E-state index contributed by atoms with van der Waals surface area (Å²) in [5.41, 5.74) is 3.21. The van der Waals surface area contributed by atoms with Gasteiger partial charge in [0.1, 0.15) is 11.3 Å². The third-order valence-corrected chi connectivity index (χ3v) is 5.33. The monoisotopic (exact) mass is 355 g/mol. The van der Waals surface area contributed by atoms with Crippen molar-refractivity contribution in [1.29, 1.82) is 0 Å². The van der Waals surface area contributed by atoms with E-state index in [9.17, 15) is 8.42 Å². The van der Waals surface area contributed by atoms with Crippen molar-refractivity contribution in [2.24, 2.45) is 0 Å². The minimum Gasteiger partial charge on any atom is -0.303 e. The number of imidazole rings is 2. The van der Waals surface area contributed by atoms with Crippen LogP contribution in [0, 0.1) is 0 Å². The maximum Gasteiger partial charge on any atom is 0.211 e. The van der Waals surface area contributed by atoms with E-state index in [0.29, 0.717) is 0 Å². The molecule has 0 saturated carbocycles. The Kier molecular flexibility index (Phi) is 3.78. The van der Waals surface area contributed by atoms with E-state index in [4.69, 9.17) is 0 Å².